The highest BCUT2D eigenvalue weighted by molar-refractivity contribution is 6.01. The van der Waals surface area contributed by atoms with E-state index >= 15 is 0 Å². The van der Waals surface area contributed by atoms with E-state index in [9.17, 15) is 4.79 Å². The van der Waals surface area contributed by atoms with Crippen LogP contribution in [0.3, 0.4) is 0 Å². The molecular formula is C12H25N3O2. The van der Waals surface area contributed by atoms with Crippen molar-refractivity contribution in [3.05, 3.63) is 0 Å². The molecule has 0 aliphatic heterocycles. The van der Waals surface area contributed by atoms with Gasteiger partial charge in [-0.25, -0.2) is 0 Å². The van der Waals surface area contributed by atoms with Gasteiger partial charge in [-0.3, -0.25) is 4.79 Å². The van der Waals surface area contributed by atoms with E-state index in [0.29, 0.717) is 6.42 Å². The fourth-order valence-electron chi connectivity index (χ4n) is 1.73. The molecule has 1 unspecified atom stereocenters. The minimum atomic E-state index is -0.489. The number of unbranched alkanes of at least 4 members (excludes halogenated alkanes) is 2. The molecule has 0 saturated carbocycles. The fraction of sp³-hybridized carbons (Fsp3) is 0.833. The topological polar surface area (TPSA) is 78.9 Å². The Kier molecular flexibility index (Phi) is 8.19. The summed E-state index contributed by atoms with van der Waals surface area (Å²) in [5.74, 6) is -0.533. The molecule has 0 saturated heterocycles. The zero-order valence-electron chi connectivity index (χ0n) is 11.1. The molecule has 0 heterocycles. The van der Waals surface area contributed by atoms with Gasteiger partial charge < -0.3 is 15.8 Å². The van der Waals surface area contributed by atoms with Crippen molar-refractivity contribution in [2.75, 3.05) is 13.6 Å². The summed E-state index contributed by atoms with van der Waals surface area (Å²) in [5.41, 5.74) is 5.55. The van der Waals surface area contributed by atoms with E-state index in [1.54, 1.807) is 11.9 Å². The second kappa shape index (κ2) is 8.84. The molecule has 5 heteroatoms. The molecule has 3 N–H and O–H groups in total. The summed E-state index contributed by atoms with van der Waals surface area (Å²) >= 11 is 0. The van der Waals surface area contributed by atoms with Crippen molar-refractivity contribution in [1.82, 2.24) is 4.90 Å². The first-order chi connectivity index (χ1) is 8.08. The van der Waals surface area contributed by atoms with Crippen LogP contribution in [0.4, 0.5) is 0 Å². The SMILES string of the molecule is CCCCCN(C)C(=O)C(CCC)C(N)=NO. The monoisotopic (exact) mass is 243 g/mol. The first-order valence-corrected chi connectivity index (χ1v) is 6.30. The number of rotatable bonds is 8. The van der Waals surface area contributed by atoms with Crippen LogP contribution < -0.4 is 5.73 Å². The highest BCUT2D eigenvalue weighted by Gasteiger charge is 2.25. The normalized spacial score (nSPS) is 13.5. The lowest BCUT2D eigenvalue weighted by atomic mass is 10.0. The maximum Gasteiger partial charge on any atom is 0.233 e. The molecule has 1 amide bonds. The smallest absolute Gasteiger partial charge is 0.233 e. The van der Waals surface area contributed by atoms with E-state index in [1.165, 1.54) is 0 Å². The standard InChI is InChI=1S/C12H25N3O2/c1-4-6-7-9-15(3)12(16)10(8-5-2)11(13)14-17/h10,17H,4-9H2,1-3H3,(H2,13,14). The van der Waals surface area contributed by atoms with Gasteiger partial charge in [0.05, 0.1) is 5.92 Å². The van der Waals surface area contributed by atoms with E-state index in [2.05, 4.69) is 12.1 Å². The Morgan fingerprint density at radius 1 is 1.35 bits per heavy atom. The quantitative estimate of drug-likeness (QED) is 0.224. The first kappa shape index (κ1) is 15.7. The summed E-state index contributed by atoms with van der Waals surface area (Å²) in [6, 6.07) is 0. The van der Waals surface area contributed by atoms with Gasteiger partial charge in [-0.2, -0.15) is 0 Å². The molecule has 5 nitrogen and oxygen atoms in total. The summed E-state index contributed by atoms with van der Waals surface area (Å²) in [4.78, 5) is 13.8. The van der Waals surface area contributed by atoms with Crippen molar-refractivity contribution < 1.29 is 10.0 Å². The van der Waals surface area contributed by atoms with E-state index < -0.39 is 5.92 Å². The Balaban J connectivity index is 4.39. The summed E-state index contributed by atoms with van der Waals surface area (Å²) in [6.07, 6.45) is 4.68. The van der Waals surface area contributed by atoms with Crippen molar-refractivity contribution in [1.29, 1.82) is 0 Å². The average molecular weight is 243 g/mol. The van der Waals surface area contributed by atoms with Crippen LogP contribution >= 0.6 is 0 Å². The van der Waals surface area contributed by atoms with Crippen molar-refractivity contribution in [2.45, 2.75) is 46.0 Å². The van der Waals surface area contributed by atoms with Gasteiger partial charge in [-0.15, -0.1) is 0 Å². The number of amides is 1. The van der Waals surface area contributed by atoms with Crippen LogP contribution in [0.2, 0.25) is 0 Å². The maximum absolute atomic E-state index is 12.1. The largest absolute Gasteiger partial charge is 0.409 e. The minimum absolute atomic E-state index is 0.0131. The first-order valence-electron chi connectivity index (χ1n) is 6.30. The third-order valence-electron chi connectivity index (χ3n) is 2.82. The Labute approximate surface area is 104 Å². The molecule has 0 fully saturated rings. The second-order valence-electron chi connectivity index (χ2n) is 4.33. The van der Waals surface area contributed by atoms with Crippen molar-refractivity contribution in [2.24, 2.45) is 16.8 Å². The molecule has 0 spiro atoms. The molecular weight excluding hydrogens is 218 g/mol. The average Bonchev–Trinajstić information content (AvgIpc) is 2.34. The number of oxime groups is 1. The predicted octanol–water partition coefficient (Wildman–Crippen LogP) is 1.80. The highest BCUT2D eigenvalue weighted by Crippen LogP contribution is 2.11. The molecule has 0 aliphatic rings. The lowest BCUT2D eigenvalue weighted by Crippen LogP contribution is -2.40. The Morgan fingerprint density at radius 2 is 2.00 bits per heavy atom. The van der Waals surface area contributed by atoms with Gasteiger partial charge in [0.25, 0.3) is 0 Å². The summed E-state index contributed by atoms with van der Waals surface area (Å²) < 4.78 is 0. The molecule has 0 bridgehead atoms. The van der Waals surface area contributed by atoms with Crippen LogP contribution in [0, 0.1) is 5.92 Å². The summed E-state index contributed by atoms with van der Waals surface area (Å²) in [6.45, 7) is 4.83. The van der Waals surface area contributed by atoms with Crippen LogP contribution in [0.15, 0.2) is 5.16 Å². The second-order valence-corrected chi connectivity index (χ2v) is 4.33. The Morgan fingerprint density at radius 3 is 2.47 bits per heavy atom. The number of carbonyl (C=O) groups is 1. The van der Waals surface area contributed by atoms with Crippen molar-refractivity contribution in [3.8, 4) is 0 Å². The predicted molar refractivity (Wildman–Crippen MR) is 69.0 cm³/mol. The van der Waals surface area contributed by atoms with Gasteiger partial charge in [0, 0.05) is 13.6 Å². The zero-order valence-corrected chi connectivity index (χ0v) is 11.1. The van der Waals surface area contributed by atoms with Gasteiger partial charge in [0.2, 0.25) is 5.91 Å². The van der Waals surface area contributed by atoms with Crippen LogP contribution in [-0.4, -0.2) is 35.4 Å². The molecule has 17 heavy (non-hydrogen) atoms. The Bertz CT molecular complexity index is 254. The third-order valence-corrected chi connectivity index (χ3v) is 2.82. The molecule has 0 aromatic carbocycles. The number of hydrogen-bond acceptors (Lipinski definition) is 3. The third kappa shape index (κ3) is 5.56. The molecule has 100 valence electrons. The zero-order chi connectivity index (χ0) is 13.3. The Hall–Kier alpha value is -1.26. The number of nitrogens with zero attached hydrogens (tertiary/aromatic N) is 2. The number of hydrogen-bond donors (Lipinski definition) is 2. The van der Waals surface area contributed by atoms with E-state index in [4.69, 9.17) is 10.9 Å². The van der Waals surface area contributed by atoms with E-state index in [1.807, 2.05) is 6.92 Å². The maximum atomic E-state index is 12.1. The molecule has 1 atom stereocenters. The van der Waals surface area contributed by atoms with Gasteiger partial charge >= 0.3 is 0 Å². The van der Waals surface area contributed by atoms with Gasteiger partial charge in [0.1, 0.15) is 0 Å². The van der Waals surface area contributed by atoms with Gasteiger partial charge in [0.15, 0.2) is 5.84 Å². The molecule has 0 rings (SSSR count). The molecule has 0 aliphatic carbocycles. The molecule has 0 aromatic rings. The lowest BCUT2D eigenvalue weighted by Gasteiger charge is -2.22. The van der Waals surface area contributed by atoms with Crippen LogP contribution in [-0.2, 0) is 4.79 Å². The molecule has 0 radical (unpaired) electrons. The lowest BCUT2D eigenvalue weighted by molar-refractivity contribution is -0.132. The van der Waals surface area contributed by atoms with Crippen LogP contribution in [0.1, 0.15) is 46.0 Å². The van der Waals surface area contributed by atoms with Crippen LogP contribution in [0.25, 0.3) is 0 Å². The molecule has 0 aromatic heterocycles. The highest BCUT2D eigenvalue weighted by atomic mass is 16.4. The van der Waals surface area contributed by atoms with Crippen molar-refractivity contribution in [3.63, 3.8) is 0 Å². The van der Waals surface area contributed by atoms with Crippen LogP contribution in [0.5, 0.6) is 0 Å². The summed E-state index contributed by atoms with van der Waals surface area (Å²) in [5, 5.41) is 11.6. The van der Waals surface area contributed by atoms with Crippen molar-refractivity contribution >= 4 is 11.7 Å². The van der Waals surface area contributed by atoms with E-state index in [-0.39, 0.29) is 11.7 Å². The number of carbonyl (C=O) groups excluding carboxylic acids is 1. The summed E-state index contributed by atoms with van der Waals surface area (Å²) in [7, 11) is 1.77. The fourth-order valence-corrected chi connectivity index (χ4v) is 1.73. The van der Waals surface area contributed by atoms with E-state index in [0.717, 1.165) is 32.2 Å². The van der Waals surface area contributed by atoms with Gasteiger partial charge in [-0.05, 0) is 12.8 Å². The minimum Gasteiger partial charge on any atom is -0.409 e. The van der Waals surface area contributed by atoms with Gasteiger partial charge in [-0.1, -0.05) is 38.3 Å². The number of amidine groups is 1. The number of nitrogens with two attached hydrogens (primary N) is 1.